The Kier molecular flexibility index (Phi) is 7.14. The van der Waals surface area contributed by atoms with Gasteiger partial charge < -0.3 is 4.42 Å². The van der Waals surface area contributed by atoms with Gasteiger partial charge in [-0.05, 0) is 83.9 Å². The van der Waals surface area contributed by atoms with Crippen molar-refractivity contribution in [3.8, 4) is 56.7 Å². The molecule has 0 saturated heterocycles. The van der Waals surface area contributed by atoms with Gasteiger partial charge in [0.05, 0.1) is 16.7 Å². The highest BCUT2D eigenvalue weighted by atomic mass is 32.2. The van der Waals surface area contributed by atoms with E-state index in [0.717, 1.165) is 66.8 Å². The first-order valence-corrected chi connectivity index (χ1v) is 20.8. The van der Waals surface area contributed by atoms with Crippen LogP contribution in [-0.2, 0) is 0 Å². The van der Waals surface area contributed by atoms with Crippen LogP contribution in [0.15, 0.2) is 202 Å². The molecule has 0 atom stereocenters. The van der Waals surface area contributed by atoms with Gasteiger partial charge in [-0.15, -0.1) is 0 Å². The minimum Gasteiger partial charge on any atom is -0.456 e. The third-order valence-corrected chi connectivity index (χ3v) is 12.9. The third-order valence-electron chi connectivity index (χ3n) is 11.7. The monoisotopic (exact) mass is 785 g/mol. The lowest BCUT2D eigenvalue weighted by Gasteiger charge is -2.22. The molecule has 8 aromatic carbocycles. The molecule has 7 heteroatoms. The molecule has 4 aromatic heterocycles. The number of fused-ring (bicyclic) bond motifs is 10. The van der Waals surface area contributed by atoms with E-state index in [1.165, 1.54) is 37.0 Å². The van der Waals surface area contributed by atoms with Crippen LogP contribution in [-0.4, -0.2) is 24.1 Å². The molecule has 0 radical (unpaired) electrons. The molecule has 1 aliphatic rings. The van der Waals surface area contributed by atoms with Gasteiger partial charge in [0, 0.05) is 59.1 Å². The molecule has 0 aliphatic carbocycles. The summed E-state index contributed by atoms with van der Waals surface area (Å²) in [4.78, 5) is 18.1. The maximum absolute atomic E-state index is 6.21. The second-order valence-corrected chi connectivity index (χ2v) is 16.3. The number of benzene rings is 8. The summed E-state index contributed by atoms with van der Waals surface area (Å²) in [5.74, 6) is 1.81. The lowest BCUT2D eigenvalue weighted by Crippen LogP contribution is -2.06. The topological polar surface area (TPSA) is 61.7 Å². The van der Waals surface area contributed by atoms with Gasteiger partial charge >= 0.3 is 0 Å². The third kappa shape index (κ3) is 4.99. The fourth-order valence-corrected chi connectivity index (χ4v) is 10.1. The average Bonchev–Trinajstić information content (AvgIpc) is 3.98. The van der Waals surface area contributed by atoms with Crippen molar-refractivity contribution in [1.29, 1.82) is 0 Å². The highest BCUT2D eigenvalue weighted by Gasteiger charge is 2.28. The normalized spacial score (nSPS) is 12.3. The molecule has 0 saturated carbocycles. The molecule has 60 heavy (non-hydrogen) atoms. The van der Waals surface area contributed by atoms with Crippen LogP contribution in [0.25, 0.3) is 111 Å². The van der Waals surface area contributed by atoms with Crippen LogP contribution in [0.2, 0.25) is 0 Å². The van der Waals surface area contributed by atoms with Gasteiger partial charge in [0.25, 0.3) is 0 Å². The fourth-order valence-electron chi connectivity index (χ4n) is 9.05. The second-order valence-electron chi connectivity index (χ2n) is 15.2. The van der Waals surface area contributed by atoms with E-state index in [-0.39, 0.29) is 0 Å². The molecule has 5 heterocycles. The molecule has 0 N–H and O–H groups in total. The zero-order chi connectivity index (χ0) is 39.3. The Labute approximate surface area is 348 Å². The summed E-state index contributed by atoms with van der Waals surface area (Å²) >= 11 is 1.81. The SMILES string of the molecule is c1ccc(-c2cccc(-c3nc(-c4ccc5c(c4)-n4c6c(cccc6c6c7ccccc7n(-c7ccccc7)c64)S5)nc(-c4ccc5oc6ccccc6c5c4)n3)c2)cc1. The van der Waals surface area contributed by atoms with Crippen LogP contribution < -0.4 is 0 Å². The Morgan fingerprint density at radius 3 is 1.85 bits per heavy atom. The molecule has 0 fully saturated rings. The lowest BCUT2D eigenvalue weighted by molar-refractivity contribution is 0.669. The Balaban J connectivity index is 1.05. The van der Waals surface area contributed by atoms with E-state index in [4.69, 9.17) is 19.4 Å². The summed E-state index contributed by atoms with van der Waals surface area (Å²) in [6.07, 6.45) is 0. The summed E-state index contributed by atoms with van der Waals surface area (Å²) in [5.41, 5.74) is 12.4. The van der Waals surface area contributed by atoms with E-state index in [1.54, 1.807) is 0 Å². The fraction of sp³-hybridized carbons (Fsp3) is 0. The zero-order valence-corrected chi connectivity index (χ0v) is 32.8. The summed E-state index contributed by atoms with van der Waals surface area (Å²) in [6, 6.07) is 66.0. The van der Waals surface area contributed by atoms with Gasteiger partial charge in [-0.2, -0.15) is 0 Å². The summed E-state index contributed by atoms with van der Waals surface area (Å²) in [6.45, 7) is 0. The average molecular weight is 786 g/mol. The number of aromatic nitrogens is 5. The van der Waals surface area contributed by atoms with Gasteiger partial charge in [-0.1, -0.05) is 127 Å². The van der Waals surface area contributed by atoms with Crippen LogP contribution in [0.1, 0.15) is 0 Å². The van der Waals surface area contributed by atoms with Crippen molar-refractivity contribution >= 4 is 66.5 Å². The molecule has 0 bridgehead atoms. The lowest BCUT2D eigenvalue weighted by atomic mass is 10.0. The first-order valence-electron chi connectivity index (χ1n) is 20.0. The van der Waals surface area contributed by atoms with Crippen LogP contribution in [0.3, 0.4) is 0 Å². The van der Waals surface area contributed by atoms with Crippen LogP contribution >= 0.6 is 11.8 Å². The first-order chi connectivity index (χ1) is 29.7. The molecule has 0 unspecified atom stereocenters. The van der Waals surface area contributed by atoms with Crippen LogP contribution in [0.5, 0.6) is 0 Å². The van der Waals surface area contributed by atoms with Crippen molar-refractivity contribution < 1.29 is 4.42 Å². The number of rotatable bonds is 5. The van der Waals surface area contributed by atoms with Gasteiger partial charge in [-0.3, -0.25) is 9.13 Å². The quantitative estimate of drug-likeness (QED) is 0.174. The second kappa shape index (κ2) is 12.9. The zero-order valence-electron chi connectivity index (χ0n) is 32.0. The Bertz CT molecular complexity index is 3700. The molecule has 0 spiro atoms. The number of hydrogen-bond acceptors (Lipinski definition) is 5. The van der Waals surface area contributed by atoms with Crippen LogP contribution in [0.4, 0.5) is 0 Å². The van der Waals surface area contributed by atoms with E-state index >= 15 is 0 Å². The smallest absolute Gasteiger partial charge is 0.164 e. The van der Waals surface area contributed by atoms with Crippen molar-refractivity contribution in [3.63, 3.8) is 0 Å². The Morgan fingerprint density at radius 2 is 1.02 bits per heavy atom. The van der Waals surface area contributed by atoms with Crippen LogP contribution in [0, 0.1) is 0 Å². The number of furan rings is 1. The van der Waals surface area contributed by atoms with Gasteiger partial charge in [0.2, 0.25) is 0 Å². The van der Waals surface area contributed by atoms with Gasteiger partial charge in [0.15, 0.2) is 17.5 Å². The Hall–Kier alpha value is -7.74. The van der Waals surface area contributed by atoms with Crippen molar-refractivity contribution in [1.82, 2.24) is 24.1 Å². The molecule has 6 nitrogen and oxygen atoms in total. The van der Waals surface area contributed by atoms with Crippen molar-refractivity contribution in [2.75, 3.05) is 0 Å². The minimum atomic E-state index is 0.597. The molecule has 280 valence electrons. The Morgan fingerprint density at radius 1 is 0.400 bits per heavy atom. The van der Waals surface area contributed by atoms with E-state index in [0.29, 0.717) is 17.5 Å². The predicted octanol–water partition coefficient (Wildman–Crippen LogP) is 13.9. The molecular weight excluding hydrogens is 755 g/mol. The maximum atomic E-state index is 6.21. The van der Waals surface area contributed by atoms with E-state index in [1.807, 2.05) is 48.2 Å². The van der Waals surface area contributed by atoms with Gasteiger partial charge in [0.1, 0.15) is 16.8 Å². The van der Waals surface area contributed by atoms with E-state index in [9.17, 15) is 0 Å². The standard InChI is InChI=1S/C53H31N5OS/c1-3-13-32(14-4-1)33-15-11-16-34(29-33)50-54-51(35-25-27-45-41(30-35)38-19-8-10-23-44(38)59-45)56-52(55-50)36-26-28-46-43(31-36)58-49-40(21-12-24-47(49)60-46)48-39-20-7-9-22-42(39)57(53(48)58)37-17-5-2-6-18-37/h1-31H. The maximum Gasteiger partial charge on any atom is 0.164 e. The number of hydrogen-bond donors (Lipinski definition) is 0. The number of nitrogens with zero attached hydrogens (tertiary/aromatic N) is 5. The number of para-hydroxylation sites is 4. The van der Waals surface area contributed by atoms with Crippen molar-refractivity contribution in [2.45, 2.75) is 9.79 Å². The minimum absolute atomic E-state index is 0.597. The molecule has 1 aliphatic heterocycles. The van der Waals surface area contributed by atoms with Crippen molar-refractivity contribution in [2.24, 2.45) is 0 Å². The van der Waals surface area contributed by atoms with E-state index < -0.39 is 0 Å². The molecule has 13 rings (SSSR count). The predicted molar refractivity (Wildman–Crippen MR) is 244 cm³/mol. The molecular formula is C53H31N5OS. The highest BCUT2D eigenvalue weighted by Crippen LogP contribution is 2.50. The largest absolute Gasteiger partial charge is 0.456 e. The molecule has 0 amide bonds. The first kappa shape index (κ1) is 33.3. The van der Waals surface area contributed by atoms with Gasteiger partial charge in [-0.25, -0.2) is 15.0 Å². The summed E-state index contributed by atoms with van der Waals surface area (Å²) < 4.78 is 11.1. The van der Waals surface area contributed by atoms with Crippen molar-refractivity contribution in [3.05, 3.63) is 188 Å². The summed E-state index contributed by atoms with van der Waals surface area (Å²) in [5, 5.41) is 5.80. The highest BCUT2D eigenvalue weighted by molar-refractivity contribution is 7.99. The molecule has 12 aromatic rings. The summed E-state index contributed by atoms with van der Waals surface area (Å²) in [7, 11) is 0. The van der Waals surface area contributed by atoms with E-state index in [2.05, 4.69) is 161 Å².